The molecule has 1 N–H and O–H groups in total. The van der Waals surface area contributed by atoms with Crippen LogP contribution in [0.1, 0.15) is 24.6 Å². The molecule has 0 saturated carbocycles. The molecule has 0 aliphatic heterocycles. The molecule has 2 heterocycles. The Morgan fingerprint density at radius 1 is 1.25 bits per heavy atom. The molecule has 2 aromatic rings. The van der Waals surface area contributed by atoms with Crippen molar-refractivity contribution >= 4 is 0 Å². The van der Waals surface area contributed by atoms with E-state index in [0.29, 0.717) is 12.2 Å². The minimum atomic E-state index is -4.46. The van der Waals surface area contributed by atoms with Crippen LogP contribution in [-0.4, -0.2) is 21.3 Å². The molecule has 0 atom stereocenters. The highest BCUT2D eigenvalue weighted by atomic mass is 19.4. The van der Waals surface area contributed by atoms with Crippen molar-refractivity contribution in [3.63, 3.8) is 0 Å². The molecule has 0 fully saturated rings. The Hall–Kier alpha value is -1.89. The number of pyridine rings is 1. The first-order chi connectivity index (χ1) is 9.54. The van der Waals surface area contributed by atoms with Crippen molar-refractivity contribution < 1.29 is 13.2 Å². The van der Waals surface area contributed by atoms with Crippen LogP contribution in [0.3, 0.4) is 0 Å². The third-order valence-corrected chi connectivity index (χ3v) is 2.76. The fourth-order valence-electron chi connectivity index (χ4n) is 1.89. The predicted octanol–water partition coefficient (Wildman–Crippen LogP) is 2.79. The van der Waals surface area contributed by atoms with Gasteiger partial charge >= 0.3 is 6.18 Å². The van der Waals surface area contributed by atoms with Gasteiger partial charge < -0.3 is 5.32 Å². The van der Waals surface area contributed by atoms with Gasteiger partial charge in [0.1, 0.15) is 0 Å². The largest absolute Gasteiger partial charge is 0.433 e. The van der Waals surface area contributed by atoms with Gasteiger partial charge in [-0.15, -0.1) is 0 Å². The number of hydrogen-bond acceptors (Lipinski definition) is 3. The molecule has 0 saturated heterocycles. The fraction of sp³-hybridized carbons (Fsp3) is 0.385. The maximum atomic E-state index is 13.2. The molecule has 2 aromatic heterocycles. The third kappa shape index (κ3) is 3.16. The van der Waals surface area contributed by atoms with Crippen molar-refractivity contribution in [3.05, 3.63) is 42.0 Å². The van der Waals surface area contributed by atoms with Crippen molar-refractivity contribution in [2.24, 2.45) is 0 Å². The van der Waals surface area contributed by atoms with Crippen LogP contribution in [0.5, 0.6) is 0 Å². The average Bonchev–Trinajstić information content (AvgIpc) is 2.84. The number of nitrogens with one attached hydrogen (secondary N) is 1. The Morgan fingerprint density at radius 2 is 1.95 bits per heavy atom. The highest BCUT2D eigenvalue weighted by Crippen LogP contribution is 2.33. The zero-order valence-electron chi connectivity index (χ0n) is 11.0. The third-order valence-electron chi connectivity index (χ3n) is 2.76. The molecule has 0 amide bonds. The highest BCUT2D eigenvalue weighted by molar-refractivity contribution is 5.34. The normalized spacial score (nSPS) is 11.8. The Labute approximate surface area is 114 Å². The molecular weight excluding hydrogens is 269 g/mol. The van der Waals surface area contributed by atoms with Crippen LogP contribution < -0.4 is 5.32 Å². The topological polar surface area (TPSA) is 42.7 Å². The van der Waals surface area contributed by atoms with Crippen molar-refractivity contribution in [2.75, 3.05) is 6.54 Å². The Balaban J connectivity index is 2.38. The molecule has 0 spiro atoms. The zero-order valence-corrected chi connectivity index (χ0v) is 11.0. The minimum absolute atomic E-state index is 0.141. The molecule has 108 valence electrons. The number of hydrogen-bond donors (Lipinski definition) is 1. The molecule has 0 aliphatic carbocycles. The summed E-state index contributed by atoms with van der Waals surface area (Å²) in [5.41, 5.74) is -0.260. The first-order valence-electron chi connectivity index (χ1n) is 6.29. The molecule has 0 unspecified atom stereocenters. The lowest BCUT2D eigenvalue weighted by atomic mass is 10.2. The van der Waals surface area contributed by atoms with E-state index in [1.807, 2.05) is 6.92 Å². The number of nitrogens with zero attached hydrogens (tertiary/aromatic N) is 3. The summed E-state index contributed by atoms with van der Waals surface area (Å²) >= 11 is 0. The number of rotatable bonds is 5. The Bertz CT molecular complexity index is 548. The quantitative estimate of drug-likeness (QED) is 0.859. The van der Waals surface area contributed by atoms with Crippen LogP contribution >= 0.6 is 0 Å². The van der Waals surface area contributed by atoms with Crippen molar-refractivity contribution in [2.45, 2.75) is 26.1 Å². The summed E-state index contributed by atoms with van der Waals surface area (Å²) in [5, 5.41) is 6.82. The van der Waals surface area contributed by atoms with Gasteiger partial charge in [0.15, 0.2) is 5.69 Å². The monoisotopic (exact) mass is 284 g/mol. The summed E-state index contributed by atoms with van der Waals surface area (Å²) in [6.45, 7) is 2.77. The second kappa shape index (κ2) is 6.04. The maximum absolute atomic E-state index is 13.2. The van der Waals surface area contributed by atoms with E-state index < -0.39 is 11.9 Å². The van der Waals surface area contributed by atoms with Crippen molar-refractivity contribution in [3.8, 4) is 5.69 Å². The van der Waals surface area contributed by atoms with E-state index in [0.717, 1.165) is 11.1 Å². The lowest BCUT2D eigenvalue weighted by molar-refractivity contribution is -0.143. The summed E-state index contributed by atoms with van der Waals surface area (Å²) in [5.74, 6) is 0. The van der Waals surface area contributed by atoms with Gasteiger partial charge in [0, 0.05) is 24.5 Å². The molecule has 7 heteroatoms. The van der Waals surface area contributed by atoms with E-state index in [-0.39, 0.29) is 12.1 Å². The van der Waals surface area contributed by atoms with E-state index >= 15 is 0 Å². The van der Waals surface area contributed by atoms with Gasteiger partial charge in [0.25, 0.3) is 0 Å². The van der Waals surface area contributed by atoms with Crippen LogP contribution in [0, 0.1) is 0 Å². The summed E-state index contributed by atoms with van der Waals surface area (Å²) < 4.78 is 40.6. The Morgan fingerprint density at radius 3 is 2.55 bits per heavy atom. The van der Waals surface area contributed by atoms with E-state index in [4.69, 9.17) is 0 Å². The smallest absolute Gasteiger partial charge is 0.313 e. The van der Waals surface area contributed by atoms with Gasteiger partial charge in [-0.05, 0) is 25.1 Å². The fourth-order valence-corrected chi connectivity index (χ4v) is 1.89. The molecule has 0 bridgehead atoms. The SMILES string of the molecule is CCCNCc1cnn(-c2ccncc2)c1C(F)(F)F. The maximum Gasteiger partial charge on any atom is 0.433 e. The number of halogens is 3. The average molecular weight is 284 g/mol. The molecule has 0 radical (unpaired) electrons. The van der Waals surface area contributed by atoms with Gasteiger partial charge in [-0.1, -0.05) is 6.92 Å². The standard InChI is InChI=1S/C13H15F3N4/c1-2-5-18-8-10-9-19-20(12(10)13(14,15)16)11-3-6-17-7-4-11/h3-4,6-7,9,18H,2,5,8H2,1H3. The molecule has 0 aliphatic rings. The predicted molar refractivity (Wildman–Crippen MR) is 68.4 cm³/mol. The molecule has 20 heavy (non-hydrogen) atoms. The van der Waals surface area contributed by atoms with Gasteiger partial charge in [0.05, 0.1) is 11.9 Å². The van der Waals surface area contributed by atoms with E-state index in [2.05, 4.69) is 15.4 Å². The first-order valence-corrected chi connectivity index (χ1v) is 6.29. The van der Waals surface area contributed by atoms with Crippen LogP contribution in [-0.2, 0) is 12.7 Å². The number of aromatic nitrogens is 3. The van der Waals surface area contributed by atoms with E-state index in [1.54, 1.807) is 0 Å². The summed E-state index contributed by atoms with van der Waals surface area (Å²) in [7, 11) is 0. The van der Waals surface area contributed by atoms with Crippen molar-refractivity contribution in [1.29, 1.82) is 0 Å². The molecule has 4 nitrogen and oxygen atoms in total. The lowest BCUT2D eigenvalue weighted by Gasteiger charge is -2.13. The van der Waals surface area contributed by atoms with Crippen LogP contribution in [0.25, 0.3) is 5.69 Å². The zero-order chi connectivity index (χ0) is 14.6. The summed E-state index contributed by atoms with van der Waals surface area (Å²) in [6.07, 6.45) is 0.535. The summed E-state index contributed by atoms with van der Waals surface area (Å²) in [6, 6.07) is 2.98. The van der Waals surface area contributed by atoms with E-state index in [9.17, 15) is 13.2 Å². The second-order valence-electron chi connectivity index (χ2n) is 4.31. The molecule has 2 rings (SSSR count). The van der Waals surface area contributed by atoms with Gasteiger partial charge in [-0.25, -0.2) is 4.68 Å². The van der Waals surface area contributed by atoms with Gasteiger partial charge in [0.2, 0.25) is 0 Å². The number of alkyl halides is 3. The highest BCUT2D eigenvalue weighted by Gasteiger charge is 2.38. The van der Waals surface area contributed by atoms with Gasteiger partial charge in [-0.2, -0.15) is 18.3 Å². The van der Waals surface area contributed by atoms with Crippen LogP contribution in [0.2, 0.25) is 0 Å². The minimum Gasteiger partial charge on any atom is -0.313 e. The molecule has 0 aromatic carbocycles. The second-order valence-corrected chi connectivity index (χ2v) is 4.31. The molecular formula is C13H15F3N4. The Kier molecular flexibility index (Phi) is 4.39. The van der Waals surface area contributed by atoms with E-state index in [1.165, 1.54) is 30.7 Å². The lowest BCUT2D eigenvalue weighted by Crippen LogP contribution is -2.20. The van der Waals surface area contributed by atoms with Gasteiger partial charge in [-0.3, -0.25) is 4.98 Å². The first kappa shape index (κ1) is 14.5. The summed E-state index contributed by atoms with van der Waals surface area (Å²) in [4.78, 5) is 3.80. The van der Waals surface area contributed by atoms with Crippen LogP contribution in [0.15, 0.2) is 30.7 Å². The van der Waals surface area contributed by atoms with Crippen LogP contribution in [0.4, 0.5) is 13.2 Å². The van der Waals surface area contributed by atoms with Crippen molar-refractivity contribution in [1.82, 2.24) is 20.1 Å².